The molecule has 0 radical (unpaired) electrons. The molecule has 0 bridgehead atoms. The van der Waals surface area contributed by atoms with Gasteiger partial charge >= 0.3 is 47.8 Å². The molecule has 4 N–H and O–H groups in total. The van der Waals surface area contributed by atoms with Crippen molar-refractivity contribution < 1.29 is 77.7 Å². The number of allylic oxidation sites excluding steroid dienone is 11. The van der Waals surface area contributed by atoms with Gasteiger partial charge in [-0.3, -0.25) is 0 Å². The first kappa shape index (κ1) is 69.7. The third-order valence-corrected chi connectivity index (χ3v) is 18.9. The van der Waals surface area contributed by atoms with Gasteiger partial charge in [0.15, 0.2) is 0 Å². The molecule has 0 aromatic heterocycles. The van der Waals surface area contributed by atoms with Crippen molar-refractivity contribution in [3.05, 3.63) is 101 Å². The first-order chi connectivity index (χ1) is 43.8. The van der Waals surface area contributed by atoms with Gasteiger partial charge in [0.1, 0.15) is 72.3 Å². The lowest BCUT2D eigenvalue weighted by molar-refractivity contribution is -0.166. The van der Waals surface area contributed by atoms with E-state index in [1.165, 1.54) is 0 Å². The molecule has 8 rings (SSSR count). The van der Waals surface area contributed by atoms with E-state index in [2.05, 4.69) is 23.1 Å². The van der Waals surface area contributed by atoms with Crippen molar-refractivity contribution in [2.75, 3.05) is 78.8 Å². The number of likely N-dealkylation sites (tertiary alicyclic amines) is 4. The molecule has 4 aliphatic heterocycles. The van der Waals surface area contributed by atoms with Gasteiger partial charge in [-0.1, -0.05) is 55.4 Å². The Bertz CT molecular complexity index is 3140. The van der Waals surface area contributed by atoms with Crippen LogP contribution in [-0.2, 0) is 57.3 Å². The molecule has 0 amide bonds. The van der Waals surface area contributed by atoms with Crippen LogP contribution in [0.15, 0.2) is 89.8 Å². The molecule has 0 spiro atoms. The highest BCUT2D eigenvalue weighted by atomic mass is 16.6. The SMILES string of the molecule is [C-]#[N+]C1=C(N2CCCC2)CC(C)(C)C/C1=C(/C(=O)O)C(=O)OCC(COC(=O)/C(C(=O)O)=C1/CC(C)(C)CC(N2CCCC2)=C1C#N)(COC(=O)/C(C(=O)O)=C1\CC(C)(C)CC(N2CCCC2)=C1C#N)COC(=O)/C(C(=O)O)=C1\CC(C)(C)CC(N2CCCC2)=C1C#N. The Hall–Kier alpha value is -9.16. The maximum absolute atomic E-state index is 15.0. The van der Waals surface area contributed by atoms with Gasteiger partial charge in [-0.2, -0.15) is 15.8 Å². The minimum atomic E-state index is -2.59. The minimum Gasteiger partial charge on any atom is -0.477 e. The minimum absolute atomic E-state index is 0.0768. The van der Waals surface area contributed by atoms with Gasteiger partial charge in [-0.15, -0.1) is 0 Å². The second-order valence-corrected chi connectivity index (χ2v) is 29.0. The van der Waals surface area contributed by atoms with E-state index in [1.807, 2.05) is 75.0 Å². The van der Waals surface area contributed by atoms with Crippen molar-refractivity contribution in [1.82, 2.24) is 19.6 Å². The second-order valence-electron chi connectivity index (χ2n) is 29.0. The summed E-state index contributed by atoms with van der Waals surface area (Å²) in [7, 11) is 0. The number of esters is 4. The highest BCUT2D eigenvalue weighted by Gasteiger charge is 2.47. The molecule has 24 nitrogen and oxygen atoms in total. The van der Waals surface area contributed by atoms with E-state index in [9.17, 15) is 74.6 Å². The van der Waals surface area contributed by atoms with E-state index < -0.39 is 124 Å². The van der Waals surface area contributed by atoms with Crippen molar-refractivity contribution in [3.8, 4) is 18.2 Å². The molecule has 0 unspecified atom stereocenters. The van der Waals surface area contributed by atoms with E-state index in [-0.39, 0.29) is 70.4 Å². The number of nitrogens with zero attached hydrogens (tertiary/aromatic N) is 8. The lowest BCUT2D eigenvalue weighted by atomic mass is 9.72. The Morgan fingerprint density at radius 3 is 0.839 bits per heavy atom. The summed E-state index contributed by atoms with van der Waals surface area (Å²) in [6.07, 6.45) is 7.25. The zero-order valence-corrected chi connectivity index (χ0v) is 54.6. The summed E-state index contributed by atoms with van der Waals surface area (Å²) in [6.45, 7) is 22.3. The highest BCUT2D eigenvalue weighted by Crippen LogP contribution is 2.50. The first-order valence-electron chi connectivity index (χ1n) is 31.9. The van der Waals surface area contributed by atoms with Crippen LogP contribution >= 0.6 is 0 Å². The van der Waals surface area contributed by atoms with E-state index in [4.69, 9.17) is 25.5 Å². The summed E-state index contributed by atoms with van der Waals surface area (Å²) in [5.74, 6) is -13.7. The summed E-state index contributed by atoms with van der Waals surface area (Å²) in [6, 6.07) is 6.35. The Morgan fingerprint density at radius 2 is 0.613 bits per heavy atom. The Kier molecular flexibility index (Phi) is 21.0. The summed E-state index contributed by atoms with van der Waals surface area (Å²) in [5, 5.41) is 76.4. The predicted octanol–water partition coefficient (Wildman–Crippen LogP) is 8.80. The standard InChI is InChI=1S/C69H84N8O16/c1-65(2)26-41(45(34-70)48(30-65)74-18-10-11-19-74)52(57(78)79)61(86)90-37-69(38-91-62(87)53(58(80)81)42-27-66(3,4)31-49(46(42)35-71)75-20-12-13-21-75,39-92-63(88)54(59(82)83)43-28-67(5,6)32-50(47(43)36-72)76-22-14-15-23-76)40-93-64(89)55(60(84)85)44-29-68(7,8)33-51(56(44)73-9)77-24-16-17-25-77/h10-33,37-40H2,1-8H3,(H,78,79)(H,80,81)(H,82,83)(H,84,85)/b52-41-,53-42+,54-43+,55-44+. The van der Waals surface area contributed by atoms with Crippen LogP contribution in [0.3, 0.4) is 0 Å². The molecule has 4 fully saturated rings. The number of hydrogen-bond donors (Lipinski definition) is 4. The van der Waals surface area contributed by atoms with E-state index in [0.717, 1.165) is 51.4 Å². The normalized spacial score (nSPS) is 23.3. The summed E-state index contributed by atoms with van der Waals surface area (Å²) >= 11 is 0. The lowest BCUT2D eigenvalue weighted by Crippen LogP contribution is -2.45. The zero-order valence-electron chi connectivity index (χ0n) is 54.6. The van der Waals surface area contributed by atoms with Crippen LogP contribution in [-0.4, -0.2) is 167 Å². The molecular weight excluding hydrogens is 1200 g/mol. The third-order valence-electron chi connectivity index (χ3n) is 18.9. The molecule has 496 valence electrons. The number of carboxylic acids is 4. The van der Waals surface area contributed by atoms with Crippen LogP contribution in [0.25, 0.3) is 4.85 Å². The van der Waals surface area contributed by atoms with Gasteiger partial charge in [-0.25, -0.2) is 43.2 Å². The number of hydrogen-bond acceptors (Lipinski definition) is 19. The van der Waals surface area contributed by atoms with E-state index in [0.29, 0.717) is 101 Å². The molecule has 0 saturated carbocycles. The fourth-order valence-corrected chi connectivity index (χ4v) is 14.5. The average molecular weight is 1280 g/mol. The predicted molar refractivity (Wildman–Crippen MR) is 332 cm³/mol. The molecule has 0 atom stereocenters. The van der Waals surface area contributed by atoms with Gasteiger partial charge in [0.05, 0.1) is 23.3 Å². The number of ether oxygens (including phenoxy) is 4. The molecule has 93 heavy (non-hydrogen) atoms. The van der Waals surface area contributed by atoms with E-state index >= 15 is 0 Å². The van der Waals surface area contributed by atoms with Crippen LogP contribution in [0, 0.1) is 67.6 Å². The van der Waals surface area contributed by atoms with Crippen molar-refractivity contribution in [2.24, 2.45) is 27.1 Å². The van der Waals surface area contributed by atoms with Gasteiger partial charge < -0.3 is 59.0 Å². The Balaban J connectivity index is 1.32. The number of carbonyl (C=O) groups excluding carboxylic acids is 4. The van der Waals surface area contributed by atoms with Crippen molar-refractivity contribution in [3.63, 3.8) is 0 Å². The largest absolute Gasteiger partial charge is 0.477 e. The van der Waals surface area contributed by atoms with Crippen LogP contribution in [0.5, 0.6) is 0 Å². The number of nitriles is 3. The molecular formula is C69H84N8O16. The first-order valence-corrected chi connectivity index (χ1v) is 31.9. The third kappa shape index (κ3) is 15.5. The summed E-state index contributed by atoms with van der Waals surface area (Å²) in [4.78, 5) is 126. The Labute approximate surface area is 542 Å². The van der Waals surface area contributed by atoms with Crippen molar-refractivity contribution in [2.45, 2.75) is 158 Å². The second kappa shape index (κ2) is 28.0. The fourth-order valence-electron chi connectivity index (χ4n) is 14.5. The number of carboxylic acid groups (broad SMARTS) is 4. The summed E-state index contributed by atoms with van der Waals surface area (Å²) < 4.78 is 23.7. The fraction of sp³-hybridized carbons (Fsp3) is 0.594. The Morgan fingerprint density at radius 1 is 0.398 bits per heavy atom. The van der Waals surface area contributed by atoms with Gasteiger partial charge in [-0.05, 0) is 147 Å². The van der Waals surface area contributed by atoms with Crippen molar-refractivity contribution in [1.29, 1.82) is 15.8 Å². The maximum atomic E-state index is 15.0. The number of aliphatic carboxylic acids is 4. The number of carbonyl (C=O) groups is 8. The monoisotopic (exact) mass is 1280 g/mol. The summed E-state index contributed by atoms with van der Waals surface area (Å²) in [5.41, 5.74) is -8.45. The van der Waals surface area contributed by atoms with Crippen LogP contribution in [0.4, 0.5) is 0 Å². The van der Waals surface area contributed by atoms with E-state index in [1.54, 1.807) is 0 Å². The number of rotatable bonds is 20. The highest BCUT2D eigenvalue weighted by molar-refractivity contribution is 6.17. The smallest absolute Gasteiger partial charge is 0.345 e. The topological polar surface area (TPSA) is 343 Å². The van der Waals surface area contributed by atoms with Crippen LogP contribution in [0.2, 0.25) is 0 Å². The van der Waals surface area contributed by atoms with Gasteiger partial charge in [0, 0.05) is 75.1 Å². The van der Waals surface area contributed by atoms with Crippen molar-refractivity contribution >= 4 is 47.8 Å². The quantitative estimate of drug-likeness (QED) is 0.0221. The molecule has 24 heteroatoms. The maximum Gasteiger partial charge on any atom is 0.345 e. The zero-order chi connectivity index (χ0) is 68.1. The molecule has 8 aliphatic rings. The van der Waals surface area contributed by atoms with Crippen LogP contribution in [0.1, 0.15) is 158 Å². The average Bonchev–Trinajstić information content (AvgIpc) is 1.28. The molecule has 0 aromatic rings. The van der Waals surface area contributed by atoms with Gasteiger partial charge in [0.25, 0.3) is 0 Å². The van der Waals surface area contributed by atoms with Gasteiger partial charge in [0.2, 0.25) is 5.70 Å². The molecule has 4 heterocycles. The van der Waals surface area contributed by atoms with Crippen LogP contribution < -0.4 is 0 Å². The molecule has 0 aromatic carbocycles. The molecule has 4 aliphatic carbocycles. The lowest BCUT2D eigenvalue weighted by Gasteiger charge is -2.38. The molecule has 4 saturated heterocycles.